The Labute approximate surface area is 118 Å². The van der Waals surface area contributed by atoms with Gasteiger partial charge in [0.15, 0.2) is 0 Å². The zero-order valence-corrected chi connectivity index (χ0v) is 13.1. The lowest BCUT2D eigenvalue weighted by Gasteiger charge is -2.23. The third kappa shape index (κ3) is 5.55. The molecule has 1 aromatic carbocycles. The Morgan fingerprint density at radius 2 is 2.00 bits per heavy atom. The molecule has 1 rings (SSSR count). The smallest absolute Gasteiger partial charge is 0.235 e. The van der Waals surface area contributed by atoms with Crippen LogP contribution in [0.25, 0.3) is 0 Å². The van der Waals surface area contributed by atoms with Crippen molar-refractivity contribution in [1.82, 2.24) is 5.32 Å². The maximum Gasteiger partial charge on any atom is 0.235 e. The number of aryl methyl sites for hydroxylation is 1. The van der Waals surface area contributed by atoms with Gasteiger partial charge in [-0.2, -0.15) is 0 Å². The number of hydrogen-bond acceptors (Lipinski definition) is 2. The molecule has 0 aliphatic carbocycles. The molecule has 2 atom stereocenters. The zero-order valence-electron chi connectivity index (χ0n) is 12.3. The highest BCUT2D eigenvalue weighted by Crippen LogP contribution is 2.11. The third-order valence-electron chi connectivity index (χ3n) is 2.65. The summed E-state index contributed by atoms with van der Waals surface area (Å²) in [5, 5.41) is 2.36. The Balaban J connectivity index is 2.65. The summed E-state index contributed by atoms with van der Waals surface area (Å²) >= 11 is 0. The molecule has 0 aliphatic rings. The van der Waals surface area contributed by atoms with Gasteiger partial charge in [-0.05, 0) is 40.2 Å². The topological polar surface area (TPSA) is 46.2 Å². The predicted octanol–water partition coefficient (Wildman–Crippen LogP) is 2.55. The highest BCUT2D eigenvalue weighted by atomic mass is 32.2. The lowest BCUT2D eigenvalue weighted by molar-refractivity contribution is -0.121. The van der Waals surface area contributed by atoms with Crippen LogP contribution in [0.3, 0.4) is 0 Å². The molecule has 0 aromatic heterocycles. The minimum atomic E-state index is -1.20. The van der Waals surface area contributed by atoms with Gasteiger partial charge in [0.05, 0.1) is 0 Å². The summed E-state index contributed by atoms with van der Waals surface area (Å²) in [4.78, 5) is 12.0. The van der Waals surface area contributed by atoms with Gasteiger partial charge >= 0.3 is 0 Å². The zero-order chi connectivity index (χ0) is 14.6. The Hall–Kier alpha value is -1.16. The van der Waals surface area contributed by atoms with E-state index in [1.807, 2.05) is 52.0 Å². The van der Waals surface area contributed by atoms with Crippen LogP contribution in [0.2, 0.25) is 0 Å². The highest BCUT2D eigenvalue weighted by molar-refractivity contribution is 7.85. The van der Waals surface area contributed by atoms with Crippen LogP contribution in [0, 0.1) is 6.92 Å². The normalized spacial score (nSPS) is 14.8. The highest BCUT2D eigenvalue weighted by Gasteiger charge is 2.23. The van der Waals surface area contributed by atoms with Crippen molar-refractivity contribution in [3.8, 4) is 0 Å². The van der Waals surface area contributed by atoms with Gasteiger partial charge in [-0.1, -0.05) is 29.8 Å². The molecule has 0 radical (unpaired) electrons. The predicted molar refractivity (Wildman–Crippen MR) is 80.4 cm³/mol. The molecule has 0 saturated carbocycles. The molecule has 3 nitrogen and oxygen atoms in total. The van der Waals surface area contributed by atoms with Crippen LogP contribution in [0.15, 0.2) is 24.3 Å². The van der Waals surface area contributed by atoms with Crippen molar-refractivity contribution in [2.45, 2.75) is 51.2 Å². The van der Waals surface area contributed by atoms with Gasteiger partial charge < -0.3 is 5.32 Å². The molecule has 1 amide bonds. The van der Waals surface area contributed by atoms with E-state index in [9.17, 15) is 9.00 Å². The first-order valence-electron chi connectivity index (χ1n) is 6.44. The number of rotatable bonds is 4. The summed E-state index contributed by atoms with van der Waals surface area (Å²) in [6.45, 7) is 9.47. The van der Waals surface area contributed by atoms with Crippen LogP contribution < -0.4 is 5.32 Å². The van der Waals surface area contributed by atoms with Crippen LogP contribution in [0.5, 0.6) is 0 Å². The summed E-state index contributed by atoms with van der Waals surface area (Å²) in [7, 11) is -1.20. The SMILES string of the molecule is Cc1cccc(CS(=O)C(C)C(=O)NC(C)(C)C)c1. The van der Waals surface area contributed by atoms with E-state index in [1.165, 1.54) is 0 Å². The molecule has 0 fully saturated rings. The van der Waals surface area contributed by atoms with Crippen LogP contribution in [0.1, 0.15) is 38.8 Å². The standard InChI is InChI=1S/C15H23NO2S/c1-11-7-6-8-13(9-11)10-19(18)12(2)14(17)16-15(3,4)5/h6-9,12H,10H2,1-5H3,(H,16,17). The fourth-order valence-corrected chi connectivity index (χ4v) is 2.74. The fraction of sp³-hybridized carbons (Fsp3) is 0.533. The van der Waals surface area contributed by atoms with E-state index in [0.717, 1.165) is 11.1 Å². The first-order chi connectivity index (χ1) is 8.69. The van der Waals surface area contributed by atoms with Crippen molar-refractivity contribution in [1.29, 1.82) is 0 Å². The van der Waals surface area contributed by atoms with E-state index >= 15 is 0 Å². The number of carbonyl (C=O) groups is 1. The summed E-state index contributed by atoms with van der Waals surface area (Å²) in [5.41, 5.74) is 1.86. The molecule has 1 aromatic rings. The van der Waals surface area contributed by atoms with E-state index in [1.54, 1.807) is 6.92 Å². The van der Waals surface area contributed by atoms with Crippen LogP contribution in [-0.2, 0) is 21.3 Å². The van der Waals surface area contributed by atoms with Crippen molar-refractivity contribution in [2.24, 2.45) is 0 Å². The van der Waals surface area contributed by atoms with E-state index in [2.05, 4.69) is 5.32 Å². The second-order valence-corrected chi connectivity index (χ2v) is 7.65. The van der Waals surface area contributed by atoms with Crippen molar-refractivity contribution in [3.63, 3.8) is 0 Å². The van der Waals surface area contributed by atoms with E-state index in [-0.39, 0.29) is 11.4 Å². The number of nitrogens with one attached hydrogen (secondary N) is 1. The van der Waals surface area contributed by atoms with Gasteiger partial charge in [0.25, 0.3) is 0 Å². The fourth-order valence-electron chi connectivity index (χ4n) is 1.68. The van der Waals surface area contributed by atoms with Gasteiger partial charge in [-0.25, -0.2) is 0 Å². The molecule has 0 spiro atoms. The Morgan fingerprint density at radius 1 is 1.37 bits per heavy atom. The molecule has 0 aliphatic heterocycles. The van der Waals surface area contributed by atoms with Crippen molar-refractivity contribution >= 4 is 16.7 Å². The summed E-state index contributed by atoms with van der Waals surface area (Å²) < 4.78 is 12.2. The molecule has 1 N–H and O–H groups in total. The Bertz CT molecular complexity index is 477. The molecule has 0 heterocycles. The van der Waals surface area contributed by atoms with Crippen molar-refractivity contribution in [3.05, 3.63) is 35.4 Å². The van der Waals surface area contributed by atoms with Gasteiger partial charge in [0.1, 0.15) is 5.25 Å². The Kier molecular flexibility index (Phi) is 5.29. The van der Waals surface area contributed by atoms with E-state index in [4.69, 9.17) is 0 Å². The lowest BCUT2D eigenvalue weighted by Crippen LogP contribution is -2.46. The average molecular weight is 281 g/mol. The summed E-state index contributed by atoms with van der Waals surface area (Å²) in [6.07, 6.45) is 0. The second-order valence-electron chi connectivity index (χ2n) is 5.90. The molecule has 4 heteroatoms. The van der Waals surface area contributed by atoms with Crippen LogP contribution >= 0.6 is 0 Å². The number of benzene rings is 1. The van der Waals surface area contributed by atoms with Gasteiger partial charge in [-0.3, -0.25) is 9.00 Å². The largest absolute Gasteiger partial charge is 0.350 e. The first kappa shape index (κ1) is 15.9. The number of carbonyl (C=O) groups excluding carboxylic acids is 1. The molecule has 0 saturated heterocycles. The molecule has 2 unspecified atom stereocenters. The van der Waals surface area contributed by atoms with Gasteiger partial charge in [-0.15, -0.1) is 0 Å². The minimum Gasteiger partial charge on any atom is -0.350 e. The lowest BCUT2D eigenvalue weighted by atomic mass is 10.1. The van der Waals surface area contributed by atoms with Crippen molar-refractivity contribution < 1.29 is 9.00 Å². The number of amides is 1. The molecule has 0 bridgehead atoms. The first-order valence-corrected chi connectivity index (χ1v) is 7.82. The van der Waals surface area contributed by atoms with E-state index in [0.29, 0.717) is 5.75 Å². The summed E-state index contributed by atoms with van der Waals surface area (Å²) in [6, 6.07) is 7.90. The van der Waals surface area contributed by atoms with E-state index < -0.39 is 16.0 Å². The maximum absolute atomic E-state index is 12.2. The molecule has 106 valence electrons. The third-order valence-corrected chi connectivity index (χ3v) is 4.27. The van der Waals surface area contributed by atoms with Gasteiger partial charge in [0.2, 0.25) is 5.91 Å². The monoisotopic (exact) mass is 281 g/mol. The second kappa shape index (κ2) is 6.33. The average Bonchev–Trinajstić information content (AvgIpc) is 2.25. The quantitative estimate of drug-likeness (QED) is 0.922. The number of hydrogen-bond donors (Lipinski definition) is 1. The summed E-state index contributed by atoms with van der Waals surface area (Å²) in [5.74, 6) is 0.263. The van der Waals surface area contributed by atoms with Crippen LogP contribution in [-0.4, -0.2) is 20.9 Å². The van der Waals surface area contributed by atoms with Gasteiger partial charge in [0, 0.05) is 22.1 Å². The van der Waals surface area contributed by atoms with Crippen LogP contribution in [0.4, 0.5) is 0 Å². The molecular weight excluding hydrogens is 258 g/mol. The Morgan fingerprint density at radius 3 is 2.53 bits per heavy atom. The maximum atomic E-state index is 12.2. The molecular formula is C15H23NO2S. The minimum absolute atomic E-state index is 0.154. The molecule has 19 heavy (non-hydrogen) atoms. The van der Waals surface area contributed by atoms with Crippen molar-refractivity contribution in [2.75, 3.05) is 0 Å².